The number of fused-ring (bicyclic) bond motifs is 1. The number of nitriles is 1. The van der Waals surface area contributed by atoms with Crippen LogP contribution in [0.1, 0.15) is 5.56 Å². The average molecular weight is 277 g/mol. The van der Waals surface area contributed by atoms with E-state index in [4.69, 9.17) is 10.4 Å². The van der Waals surface area contributed by atoms with E-state index < -0.39 is 5.97 Å². The molecule has 0 radical (unpaired) electrons. The molecule has 0 aliphatic rings. The fraction of sp³-hybridized carbons (Fsp3) is 0.0625. The Bertz CT molecular complexity index is 875. The monoisotopic (exact) mass is 277 g/mol. The van der Waals surface area contributed by atoms with Gasteiger partial charge >= 0.3 is 5.97 Å². The van der Waals surface area contributed by atoms with Gasteiger partial charge in [0, 0.05) is 5.56 Å². The van der Waals surface area contributed by atoms with Gasteiger partial charge in [-0.05, 0) is 24.3 Å². The van der Waals surface area contributed by atoms with Crippen LogP contribution in [-0.4, -0.2) is 20.6 Å². The van der Waals surface area contributed by atoms with E-state index in [9.17, 15) is 4.79 Å². The molecule has 0 saturated heterocycles. The maximum Gasteiger partial charge on any atom is 0.323 e. The highest BCUT2D eigenvalue weighted by atomic mass is 16.4. The molecule has 1 heterocycles. The number of carboxylic acid groups (broad SMARTS) is 1. The number of hydrogen-bond donors (Lipinski definition) is 1. The number of carbonyl (C=O) groups is 1. The van der Waals surface area contributed by atoms with Gasteiger partial charge in [0.05, 0.1) is 22.7 Å². The smallest absolute Gasteiger partial charge is 0.323 e. The van der Waals surface area contributed by atoms with Gasteiger partial charge < -0.3 is 9.67 Å². The third-order valence-corrected chi connectivity index (χ3v) is 3.20. The Morgan fingerprint density at radius 1 is 1.24 bits per heavy atom. The van der Waals surface area contributed by atoms with Crippen molar-refractivity contribution in [2.75, 3.05) is 0 Å². The van der Waals surface area contributed by atoms with Crippen LogP contribution in [0.4, 0.5) is 0 Å². The fourth-order valence-corrected chi connectivity index (χ4v) is 2.32. The summed E-state index contributed by atoms with van der Waals surface area (Å²) in [7, 11) is 0. The number of para-hydroxylation sites is 2. The van der Waals surface area contributed by atoms with Crippen LogP contribution in [0.3, 0.4) is 0 Å². The third-order valence-electron chi connectivity index (χ3n) is 3.20. The Morgan fingerprint density at radius 3 is 2.81 bits per heavy atom. The molecule has 0 aliphatic heterocycles. The van der Waals surface area contributed by atoms with E-state index in [1.54, 1.807) is 22.8 Å². The average Bonchev–Trinajstić information content (AvgIpc) is 2.86. The molecule has 0 fully saturated rings. The number of benzene rings is 2. The lowest BCUT2D eigenvalue weighted by Crippen LogP contribution is -2.10. The third kappa shape index (κ3) is 2.35. The maximum atomic E-state index is 11.1. The molecular weight excluding hydrogens is 266 g/mol. The molecule has 5 nitrogen and oxygen atoms in total. The van der Waals surface area contributed by atoms with E-state index in [1.165, 1.54) is 0 Å². The summed E-state index contributed by atoms with van der Waals surface area (Å²) < 4.78 is 1.65. The second-order valence-corrected chi connectivity index (χ2v) is 4.60. The number of hydrogen-bond acceptors (Lipinski definition) is 3. The second-order valence-electron chi connectivity index (χ2n) is 4.60. The van der Waals surface area contributed by atoms with Crippen LogP contribution in [0.2, 0.25) is 0 Å². The van der Waals surface area contributed by atoms with Crippen molar-refractivity contribution in [2.24, 2.45) is 0 Å². The van der Waals surface area contributed by atoms with Crippen LogP contribution in [0.5, 0.6) is 0 Å². The number of carboxylic acids is 1. The standard InChI is InChI=1S/C16H11N3O2/c17-9-11-4-3-5-12(8-11)16-18-13-6-1-2-7-14(13)19(16)10-15(20)21/h1-8H,10H2,(H,20,21). The molecule has 1 aromatic heterocycles. The van der Waals surface area contributed by atoms with Gasteiger partial charge in [-0.3, -0.25) is 4.79 Å². The lowest BCUT2D eigenvalue weighted by atomic mass is 10.1. The Labute approximate surface area is 120 Å². The van der Waals surface area contributed by atoms with Crippen LogP contribution in [0, 0.1) is 11.3 Å². The molecule has 0 saturated carbocycles. The first kappa shape index (κ1) is 12.9. The predicted molar refractivity (Wildman–Crippen MR) is 77.5 cm³/mol. The summed E-state index contributed by atoms with van der Waals surface area (Å²) in [6.45, 7) is -0.174. The van der Waals surface area contributed by atoms with Gasteiger partial charge in [-0.1, -0.05) is 24.3 Å². The van der Waals surface area contributed by atoms with Gasteiger partial charge in [0.2, 0.25) is 0 Å². The molecule has 0 amide bonds. The van der Waals surface area contributed by atoms with Crippen molar-refractivity contribution in [3.05, 3.63) is 54.1 Å². The Kier molecular flexibility index (Phi) is 3.13. The molecule has 0 atom stereocenters. The fourth-order valence-electron chi connectivity index (χ4n) is 2.32. The first-order valence-electron chi connectivity index (χ1n) is 6.36. The summed E-state index contributed by atoms with van der Waals surface area (Å²) >= 11 is 0. The van der Waals surface area contributed by atoms with Crippen molar-refractivity contribution in [3.63, 3.8) is 0 Å². The van der Waals surface area contributed by atoms with Crippen LogP contribution in [0.15, 0.2) is 48.5 Å². The molecule has 0 aliphatic carbocycles. The van der Waals surface area contributed by atoms with E-state index in [-0.39, 0.29) is 6.54 Å². The summed E-state index contributed by atoms with van der Waals surface area (Å²) in [5.41, 5.74) is 2.74. The van der Waals surface area contributed by atoms with Crippen molar-refractivity contribution in [2.45, 2.75) is 6.54 Å². The highest BCUT2D eigenvalue weighted by molar-refractivity contribution is 5.83. The summed E-state index contributed by atoms with van der Waals surface area (Å²) in [5, 5.41) is 18.1. The van der Waals surface area contributed by atoms with Crippen molar-refractivity contribution >= 4 is 17.0 Å². The minimum Gasteiger partial charge on any atom is -0.480 e. The van der Waals surface area contributed by atoms with Crippen LogP contribution < -0.4 is 0 Å². The van der Waals surface area contributed by atoms with Gasteiger partial charge in [0.1, 0.15) is 12.4 Å². The van der Waals surface area contributed by atoms with E-state index in [2.05, 4.69) is 11.1 Å². The molecule has 3 rings (SSSR count). The molecule has 1 N–H and O–H groups in total. The van der Waals surface area contributed by atoms with E-state index in [0.29, 0.717) is 11.4 Å². The van der Waals surface area contributed by atoms with Crippen molar-refractivity contribution in [1.29, 1.82) is 5.26 Å². The van der Waals surface area contributed by atoms with Gasteiger partial charge in [-0.2, -0.15) is 5.26 Å². The molecule has 0 unspecified atom stereocenters. The lowest BCUT2D eigenvalue weighted by Gasteiger charge is -2.06. The molecule has 2 aromatic carbocycles. The molecule has 0 spiro atoms. The second kappa shape index (κ2) is 5.10. The maximum absolute atomic E-state index is 11.1. The summed E-state index contributed by atoms with van der Waals surface area (Å²) in [6, 6.07) is 16.4. The van der Waals surface area contributed by atoms with Gasteiger partial charge in [-0.15, -0.1) is 0 Å². The van der Waals surface area contributed by atoms with Gasteiger partial charge in [-0.25, -0.2) is 4.98 Å². The largest absolute Gasteiger partial charge is 0.480 e. The zero-order valence-electron chi connectivity index (χ0n) is 11.0. The van der Waals surface area contributed by atoms with Crippen LogP contribution in [0.25, 0.3) is 22.4 Å². The topological polar surface area (TPSA) is 78.9 Å². The van der Waals surface area contributed by atoms with E-state index in [0.717, 1.165) is 16.6 Å². The minimum atomic E-state index is -0.934. The molecular formula is C16H11N3O2. The molecule has 102 valence electrons. The van der Waals surface area contributed by atoms with E-state index in [1.807, 2.05) is 30.3 Å². The molecule has 0 bridgehead atoms. The zero-order valence-corrected chi connectivity index (χ0v) is 11.0. The predicted octanol–water partition coefficient (Wildman–Crippen LogP) is 2.66. The Morgan fingerprint density at radius 2 is 2.05 bits per heavy atom. The van der Waals surface area contributed by atoms with Gasteiger partial charge in [0.25, 0.3) is 0 Å². The van der Waals surface area contributed by atoms with Crippen molar-refractivity contribution in [1.82, 2.24) is 9.55 Å². The number of nitrogens with zero attached hydrogens (tertiary/aromatic N) is 3. The molecule has 5 heteroatoms. The first-order valence-corrected chi connectivity index (χ1v) is 6.36. The summed E-state index contributed by atoms with van der Waals surface area (Å²) in [5.74, 6) is -0.383. The van der Waals surface area contributed by atoms with Crippen molar-refractivity contribution < 1.29 is 9.90 Å². The highest BCUT2D eigenvalue weighted by Crippen LogP contribution is 2.25. The SMILES string of the molecule is N#Cc1cccc(-c2nc3ccccc3n2CC(=O)O)c1. The van der Waals surface area contributed by atoms with Crippen molar-refractivity contribution in [3.8, 4) is 17.5 Å². The first-order chi connectivity index (χ1) is 10.2. The quantitative estimate of drug-likeness (QED) is 0.798. The Balaban J connectivity index is 2.25. The normalized spacial score (nSPS) is 10.4. The highest BCUT2D eigenvalue weighted by Gasteiger charge is 2.14. The summed E-state index contributed by atoms with van der Waals surface area (Å²) in [4.78, 5) is 15.6. The number of imidazole rings is 1. The van der Waals surface area contributed by atoms with Crippen LogP contribution in [-0.2, 0) is 11.3 Å². The number of aromatic nitrogens is 2. The molecule has 21 heavy (non-hydrogen) atoms. The minimum absolute atomic E-state index is 0.174. The van der Waals surface area contributed by atoms with Gasteiger partial charge in [0.15, 0.2) is 0 Å². The number of rotatable bonds is 3. The van der Waals surface area contributed by atoms with E-state index >= 15 is 0 Å². The zero-order chi connectivity index (χ0) is 14.8. The number of aliphatic carboxylic acids is 1. The molecule has 3 aromatic rings. The Hall–Kier alpha value is -3.13. The lowest BCUT2D eigenvalue weighted by molar-refractivity contribution is -0.137. The van der Waals surface area contributed by atoms with Crippen LogP contribution >= 0.6 is 0 Å². The summed E-state index contributed by atoms with van der Waals surface area (Å²) in [6.07, 6.45) is 0.